The number of nitrogens with zero attached hydrogens (tertiary/aromatic N) is 2. The molecule has 0 saturated heterocycles. The van der Waals surface area contributed by atoms with Gasteiger partial charge in [-0.25, -0.2) is 4.98 Å². The van der Waals surface area contributed by atoms with Gasteiger partial charge >= 0.3 is 0 Å². The molecule has 0 spiro atoms. The van der Waals surface area contributed by atoms with Gasteiger partial charge in [0.15, 0.2) is 5.69 Å². The maximum Gasteiger partial charge on any atom is 0.240 e. The summed E-state index contributed by atoms with van der Waals surface area (Å²) in [7, 11) is 0. The van der Waals surface area contributed by atoms with Crippen LogP contribution in [0.2, 0.25) is 0 Å². The molecule has 1 rings (SSSR count). The predicted molar refractivity (Wildman–Crippen MR) is 68.1 cm³/mol. The Balaban J connectivity index is 2.92. The normalized spacial score (nSPS) is 11.9. The number of hydrogen-bond acceptors (Lipinski definition) is 4. The summed E-state index contributed by atoms with van der Waals surface area (Å²) >= 11 is 3.23. The number of nitriles is 1. The number of hydrogen-bond donors (Lipinski definition) is 2. The molecule has 0 aliphatic heterocycles. The average molecular weight is 297 g/mol. The van der Waals surface area contributed by atoms with Crippen molar-refractivity contribution in [2.75, 3.05) is 5.32 Å². The molecule has 90 valence electrons. The number of nitrogens with two attached hydrogens (primary N) is 1. The zero-order chi connectivity index (χ0) is 13.0. The third-order valence-corrected chi connectivity index (χ3v) is 2.85. The van der Waals surface area contributed by atoms with Crippen molar-refractivity contribution >= 4 is 27.5 Å². The fraction of sp³-hybridized carbons (Fsp3) is 0.364. The van der Waals surface area contributed by atoms with Crippen molar-refractivity contribution in [2.45, 2.75) is 19.9 Å². The van der Waals surface area contributed by atoms with E-state index in [4.69, 9.17) is 11.0 Å². The lowest BCUT2D eigenvalue weighted by molar-refractivity contribution is -0.119. The Morgan fingerprint density at radius 1 is 1.65 bits per heavy atom. The highest BCUT2D eigenvalue weighted by molar-refractivity contribution is 9.10. The number of rotatable bonds is 4. The lowest BCUT2D eigenvalue weighted by atomic mass is 10.0. The quantitative estimate of drug-likeness (QED) is 0.883. The van der Waals surface area contributed by atoms with Crippen LogP contribution in [0.15, 0.2) is 16.7 Å². The van der Waals surface area contributed by atoms with Crippen LogP contribution in [0.4, 0.5) is 5.69 Å². The fourth-order valence-electron chi connectivity index (χ4n) is 1.35. The summed E-state index contributed by atoms with van der Waals surface area (Å²) in [5, 5.41) is 11.7. The fourth-order valence-corrected chi connectivity index (χ4v) is 1.78. The molecule has 0 aliphatic carbocycles. The van der Waals surface area contributed by atoms with Crippen LogP contribution in [0, 0.1) is 17.2 Å². The van der Waals surface area contributed by atoms with E-state index >= 15 is 0 Å². The number of anilines is 1. The van der Waals surface area contributed by atoms with Crippen LogP contribution < -0.4 is 11.1 Å². The van der Waals surface area contributed by atoms with Gasteiger partial charge in [-0.05, 0) is 27.9 Å². The van der Waals surface area contributed by atoms with Gasteiger partial charge < -0.3 is 11.1 Å². The average Bonchev–Trinajstić information content (AvgIpc) is 2.25. The zero-order valence-corrected chi connectivity index (χ0v) is 11.2. The SMILES string of the molecule is CC(C)[C@@H](Nc1cnc(C#N)c(Br)c1)C(N)=O. The molecule has 0 radical (unpaired) electrons. The molecule has 1 aromatic rings. The second-order valence-corrected chi connectivity index (χ2v) is 4.79. The summed E-state index contributed by atoms with van der Waals surface area (Å²) in [6, 6.07) is 3.18. The second kappa shape index (κ2) is 5.64. The first-order valence-corrected chi connectivity index (χ1v) is 5.86. The van der Waals surface area contributed by atoms with Gasteiger partial charge in [-0.2, -0.15) is 5.26 Å². The monoisotopic (exact) mass is 296 g/mol. The Bertz CT molecular complexity index is 467. The van der Waals surface area contributed by atoms with Gasteiger partial charge in [0.05, 0.1) is 16.4 Å². The van der Waals surface area contributed by atoms with Crippen molar-refractivity contribution < 1.29 is 4.79 Å². The van der Waals surface area contributed by atoms with Gasteiger partial charge in [-0.15, -0.1) is 0 Å². The smallest absolute Gasteiger partial charge is 0.240 e. The van der Waals surface area contributed by atoms with Crippen molar-refractivity contribution in [1.29, 1.82) is 5.26 Å². The molecular weight excluding hydrogens is 284 g/mol. The molecule has 5 nitrogen and oxygen atoms in total. The summed E-state index contributed by atoms with van der Waals surface area (Å²) in [6.45, 7) is 3.79. The van der Waals surface area contributed by atoms with Crippen molar-refractivity contribution in [3.05, 3.63) is 22.4 Å². The van der Waals surface area contributed by atoms with Gasteiger partial charge in [0.1, 0.15) is 12.1 Å². The third kappa shape index (κ3) is 3.43. The first kappa shape index (κ1) is 13.5. The lowest BCUT2D eigenvalue weighted by Crippen LogP contribution is -2.39. The van der Waals surface area contributed by atoms with E-state index in [9.17, 15) is 4.79 Å². The summed E-state index contributed by atoms with van der Waals surface area (Å²) in [5.41, 5.74) is 6.24. The minimum Gasteiger partial charge on any atom is -0.372 e. The first-order chi connectivity index (χ1) is 7.95. The molecular formula is C11H13BrN4O. The molecule has 0 bridgehead atoms. The molecule has 0 saturated carbocycles. The van der Waals surface area contributed by atoms with E-state index in [1.165, 1.54) is 6.20 Å². The number of carbonyl (C=O) groups excluding carboxylic acids is 1. The van der Waals surface area contributed by atoms with Crippen molar-refractivity contribution in [3.8, 4) is 6.07 Å². The highest BCUT2D eigenvalue weighted by Gasteiger charge is 2.19. The number of aromatic nitrogens is 1. The number of carbonyl (C=O) groups is 1. The molecule has 1 aromatic heterocycles. The van der Waals surface area contributed by atoms with Gasteiger partial charge in [0.2, 0.25) is 5.91 Å². The molecule has 17 heavy (non-hydrogen) atoms. The third-order valence-electron chi connectivity index (χ3n) is 2.24. The highest BCUT2D eigenvalue weighted by Crippen LogP contribution is 2.20. The van der Waals surface area contributed by atoms with Gasteiger partial charge in [0, 0.05) is 0 Å². The first-order valence-electron chi connectivity index (χ1n) is 5.07. The molecule has 1 atom stereocenters. The number of nitrogens with one attached hydrogen (secondary N) is 1. The summed E-state index contributed by atoms with van der Waals surface area (Å²) in [5.74, 6) is -0.345. The van der Waals surface area contributed by atoms with Crippen LogP contribution in [0.1, 0.15) is 19.5 Å². The molecule has 0 aliphatic rings. The number of halogens is 1. The Labute approximate surface area is 108 Å². The van der Waals surface area contributed by atoms with Crippen molar-refractivity contribution in [1.82, 2.24) is 4.98 Å². The largest absolute Gasteiger partial charge is 0.372 e. The minimum absolute atomic E-state index is 0.0712. The van der Waals surface area contributed by atoms with Crippen LogP contribution in [0.25, 0.3) is 0 Å². The van der Waals surface area contributed by atoms with E-state index in [0.717, 1.165) is 0 Å². The van der Waals surface area contributed by atoms with Crippen LogP contribution >= 0.6 is 15.9 Å². The number of pyridine rings is 1. The summed E-state index contributed by atoms with van der Waals surface area (Å²) in [4.78, 5) is 15.2. The van der Waals surface area contributed by atoms with Crippen LogP contribution in [-0.2, 0) is 4.79 Å². The van der Waals surface area contributed by atoms with Crippen molar-refractivity contribution in [3.63, 3.8) is 0 Å². The zero-order valence-electron chi connectivity index (χ0n) is 9.57. The van der Waals surface area contributed by atoms with Gasteiger partial charge in [-0.3, -0.25) is 4.79 Å². The summed E-state index contributed by atoms with van der Waals surface area (Å²) in [6.07, 6.45) is 1.50. The van der Waals surface area contributed by atoms with Crippen LogP contribution in [-0.4, -0.2) is 16.9 Å². The number of primary amides is 1. The van der Waals surface area contributed by atoms with E-state index in [2.05, 4.69) is 26.2 Å². The van der Waals surface area contributed by atoms with Gasteiger partial charge in [-0.1, -0.05) is 13.8 Å². The molecule has 0 aromatic carbocycles. The van der Waals surface area contributed by atoms with Crippen molar-refractivity contribution in [2.24, 2.45) is 11.7 Å². The predicted octanol–water partition coefficient (Wildman–Crippen LogP) is 1.64. The molecule has 6 heteroatoms. The Hall–Kier alpha value is -1.61. The molecule has 3 N–H and O–H groups in total. The highest BCUT2D eigenvalue weighted by atomic mass is 79.9. The summed E-state index contributed by atoms with van der Waals surface area (Å²) < 4.78 is 0.581. The van der Waals surface area contributed by atoms with Crippen LogP contribution in [0.5, 0.6) is 0 Å². The Morgan fingerprint density at radius 3 is 2.71 bits per heavy atom. The van der Waals surface area contributed by atoms with E-state index in [1.54, 1.807) is 6.07 Å². The number of amides is 1. The molecule has 1 heterocycles. The molecule has 1 amide bonds. The Kier molecular flexibility index (Phi) is 4.46. The van der Waals surface area contributed by atoms with Crippen LogP contribution in [0.3, 0.4) is 0 Å². The maximum absolute atomic E-state index is 11.2. The van der Waals surface area contributed by atoms with Gasteiger partial charge in [0.25, 0.3) is 0 Å². The Morgan fingerprint density at radius 2 is 2.29 bits per heavy atom. The second-order valence-electron chi connectivity index (χ2n) is 3.93. The van der Waals surface area contributed by atoms with E-state index < -0.39 is 11.9 Å². The topological polar surface area (TPSA) is 91.8 Å². The molecule has 0 fully saturated rings. The minimum atomic E-state index is -0.461. The van der Waals surface area contributed by atoms with E-state index in [0.29, 0.717) is 15.9 Å². The maximum atomic E-state index is 11.2. The molecule has 0 unspecified atom stereocenters. The van der Waals surface area contributed by atoms with E-state index in [1.807, 2.05) is 19.9 Å². The van der Waals surface area contributed by atoms with E-state index in [-0.39, 0.29) is 5.92 Å². The lowest BCUT2D eigenvalue weighted by Gasteiger charge is -2.20. The standard InChI is InChI=1S/C11H13BrN4O/c1-6(2)10(11(14)17)16-7-3-8(12)9(4-13)15-5-7/h3,5-6,10,16H,1-2H3,(H2,14,17)/t10-/m1/s1.